The first-order chi connectivity index (χ1) is 6.20. The normalized spacial score (nSPS) is 35.1. The molecule has 0 aromatic carbocycles. The van der Waals surface area contributed by atoms with Gasteiger partial charge in [-0.05, 0) is 39.9 Å². The topological polar surface area (TPSA) is 24.5 Å². The Balaban J connectivity index is 1.95. The van der Waals surface area contributed by atoms with Gasteiger partial charge in [0.25, 0.3) is 0 Å². The molecule has 1 N–H and O–H groups in total. The lowest BCUT2D eigenvalue weighted by molar-refractivity contribution is -0.0225. The number of ether oxygens (including phenoxy) is 1. The number of hydrogen-bond donors (Lipinski definition) is 1. The maximum Gasteiger partial charge on any atom is 0.0650 e. The highest BCUT2D eigenvalue weighted by Crippen LogP contribution is 2.25. The summed E-state index contributed by atoms with van der Waals surface area (Å²) < 4.78 is 5.63. The third-order valence-corrected chi connectivity index (χ3v) is 3.24. The van der Waals surface area contributed by atoms with E-state index in [1.165, 1.54) is 25.9 Å². The van der Waals surface area contributed by atoms with E-state index in [9.17, 15) is 0 Å². The molecule has 2 rings (SSSR count). The third-order valence-electron chi connectivity index (χ3n) is 3.24. The first kappa shape index (κ1) is 9.44. The van der Waals surface area contributed by atoms with Crippen LogP contribution in [-0.2, 0) is 4.74 Å². The highest BCUT2D eigenvalue weighted by Gasteiger charge is 2.37. The fraction of sp³-hybridized carbons (Fsp3) is 1.00. The van der Waals surface area contributed by atoms with Crippen molar-refractivity contribution in [1.29, 1.82) is 0 Å². The molecule has 1 spiro atoms. The van der Waals surface area contributed by atoms with Gasteiger partial charge in [0.1, 0.15) is 0 Å². The summed E-state index contributed by atoms with van der Waals surface area (Å²) in [5.41, 5.74) is 0.296. The first-order valence-corrected chi connectivity index (χ1v) is 5.24. The van der Waals surface area contributed by atoms with Gasteiger partial charge in [-0.3, -0.25) is 0 Å². The Labute approximate surface area is 80.4 Å². The molecule has 0 saturated carbocycles. The van der Waals surface area contributed by atoms with Crippen LogP contribution < -0.4 is 5.32 Å². The van der Waals surface area contributed by atoms with Crippen molar-refractivity contribution >= 4 is 0 Å². The zero-order valence-corrected chi connectivity index (χ0v) is 8.68. The standard InChI is InChI=1S/C10H20N2O/c1-9-7-13-8-10(11-9)3-5-12(2)6-4-10/h9,11H,3-8H2,1-2H3. The van der Waals surface area contributed by atoms with E-state index in [4.69, 9.17) is 4.74 Å². The Morgan fingerprint density at radius 2 is 2.08 bits per heavy atom. The number of morpholine rings is 1. The summed E-state index contributed by atoms with van der Waals surface area (Å²) in [4.78, 5) is 2.40. The highest BCUT2D eigenvalue weighted by molar-refractivity contribution is 4.96. The van der Waals surface area contributed by atoms with Crippen molar-refractivity contribution in [3.05, 3.63) is 0 Å². The summed E-state index contributed by atoms with van der Waals surface area (Å²) in [5, 5.41) is 3.70. The minimum atomic E-state index is 0.296. The Morgan fingerprint density at radius 3 is 2.69 bits per heavy atom. The van der Waals surface area contributed by atoms with Crippen molar-refractivity contribution < 1.29 is 4.74 Å². The van der Waals surface area contributed by atoms with Gasteiger partial charge in [0.05, 0.1) is 13.2 Å². The fourth-order valence-electron chi connectivity index (χ4n) is 2.37. The van der Waals surface area contributed by atoms with Gasteiger partial charge < -0.3 is 15.0 Å². The van der Waals surface area contributed by atoms with Gasteiger partial charge in [-0.25, -0.2) is 0 Å². The maximum atomic E-state index is 5.63. The van der Waals surface area contributed by atoms with Crippen LogP contribution in [0.3, 0.4) is 0 Å². The van der Waals surface area contributed by atoms with E-state index in [1.54, 1.807) is 0 Å². The molecule has 2 heterocycles. The van der Waals surface area contributed by atoms with Crippen LogP contribution in [0.2, 0.25) is 0 Å². The smallest absolute Gasteiger partial charge is 0.0650 e. The Kier molecular flexibility index (Phi) is 2.58. The minimum absolute atomic E-state index is 0.296. The molecule has 76 valence electrons. The van der Waals surface area contributed by atoms with Gasteiger partial charge in [0.2, 0.25) is 0 Å². The van der Waals surface area contributed by atoms with Crippen LogP contribution >= 0.6 is 0 Å². The SMILES string of the molecule is CC1COCC2(CCN(C)CC2)N1. The van der Waals surface area contributed by atoms with E-state index in [0.29, 0.717) is 11.6 Å². The molecule has 13 heavy (non-hydrogen) atoms. The van der Waals surface area contributed by atoms with Crippen molar-refractivity contribution in [2.24, 2.45) is 0 Å². The monoisotopic (exact) mass is 184 g/mol. The van der Waals surface area contributed by atoms with Crippen LogP contribution in [0.5, 0.6) is 0 Å². The van der Waals surface area contributed by atoms with Crippen molar-refractivity contribution in [2.75, 3.05) is 33.4 Å². The lowest BCUT2D eigenvalue weighted by atomic mass is 9.87. The summed E-state index contributed by atoms with van der Waals surface area (Å²) in [5.74, 6) is 0. The van der Waals surface area contributed by atoms with Gasteiger partial charge in [0.15, 0.2) is 0 Å². The van der Waals surface area contributed by atoms with Crippen molar-refractivity contribution in [3.63, 3.8) is 0 Å². The number of hydrogen-bond acceptors (Lipinski definition) is 3. The first-order valence-electron chi connectivity index (χ1n) is 5.24. The van der Waals surface area contributed by atoms with Gasteiger partial charge in [0, 0.05) is 11.6 Å². The number of likely N-dealkylation sites (tertiary alicyclic amines) is 1. The zero-order valence-electron chi connectivity index (χ0n) is 8.68. The molecule has 3 heteroatoms. The fourth-order valence-corrected chi connectivity index (χ4v) is 2.37. The summed E-state index contributed by atoms with van der Waals surface area (Å²) in [6, 6.07) is 0.525. The molecule has 0 bridgehead atoms. The van der Waals surface area contributed by atoms with Crippen LogP contribution in [0.4, 0.5) is 0 Å². The second kappa shape index (κ2) is 3.56. The number of rotatable bonds is 0. The van der Waals surface area contributed by atoms with Crippen molar-refractivity contribution in [3.8, 4) is 0 Å². The maximum absolute atomic E-state index is 5.63. The van der Waals surface area contributed by atoms with E-state index < -0.39 is 0 Å². The van der Waals surface area contributed by atoms with Crippen LogP contribution in [-0.4, -0.2) is 49.8 Å². The minimum Gasteiger partial charge on any atom is -0.378 e. The van der Waals surface area contributed by atoms with Crippen molar-refractivity contribution in [1.82, 2.24) is 10.2 Å². The summed E-state index contributed by atoms with van der Waals surface area (Å²) in [7, 11) is 2.19. The number of nitrogens with zero attached hydrogens (tertiary/aromatic N) is 1. The largest absolute Gasteiger partial charge is 0.378 e. The van der Waals surface area contributed by atoms with E-state index in [0.717, 1.165) is 13.2 Å². The Hall–Kier alpha value is -0.120. The average Bonchev–Trinajstić information content (AvgIpc) is 2.11. The molecule has 0 aliphatic carbocycles. The zero-order chi connectivity index (χ0) is 9.31. The molecule has 2 aliphatic heterocycles. The van der Waals surface area contributed by atoms with E-state index in [2.05, 4.69) is 24.2 Å². The van der Waals surface area contributed by atoms with Crippen LogP contribution in [0.15, 0.2) is 0 Å². The molecule has 1 atom stereocenters. The molecule has 0 amide bonds. The van der Waals surface area contributed by atoms with Crippen LogP contribution in [0.25, 0.3) is 0 Å². The molecule has 0 aromatic rings. The lowest BCUT2D eigenvalue weighted by Gasteiger charge is -2.45. The molecular weight excluding hydrogens is 164 g/mol. The van der Waals surface area contributed by atoms with Gasteiger partial charge in [-0.2, -0.15) is 0 Å². The molecule has 3 nitrogen and oxygen atoms in total. The summed E-state index contributed by atoms with van der Waals surface area (Å²) in [6.45, 7) is 6.38. The van der Waals surface area contributed by atoms with Crippen LogP contribution in [0.1, 0.15) is 19.8 Å². The van der Waals surface area contributed by atoms with Crippen LogP contribution in [0, 0.1) is 0 Å². The van der Waals surface area contributed by atoms with Gasteiger partial charge in [-0.1, -0.05) is 0 Å². The predicted octanol–water partition coefficient (Wildman–Crippen LogP) is 0.459. The lowest BCUT2D eigenvalue weighted by Crippen LogP contribution is -2.62. The second-order valence-electron chi connectivity index (χ2n) is 4.64. The molecular formula is C10H20N2O. The Morgan fingerprint density at radius 1 is 1.38 bits per heavy atom. The van der Waals surface area contributed by atoms with Gasteiger partial charge >= 0.3 is 0 Å². The van der Waals surface area contributed by atoms with E-state index in [-0.39, 0.29) is 0 Å². The predicted molar refractivity (Wildman–Crippen MR) is 52.9 cm³/mol. The van der Waals surface area contributed by atoms with E-state index in [1.807, 2.05) is 0 Å². The quantitative estimate of drug-likeness (QED) is 0.592. The molecule has 2 saturated heterocycles. The number of nitrogens with one attached hydrogen (secondary N) is 1. The molecule has 1 unspecified atom stereocenters. The summed E-state index contributed by atoms with van der Waals surface area (Å²) in [6.07, 6.45) is 2.46. The highest BCUT2D eigenvalue weighted by atomic mass is 16.5. The average molecular weight is 184 g/mol. The van der Waals surface area contributed by atoms with E-state index >= 15 is 0 Å². The molecule has 2 fully saturated rings. The second-order valence-corrected chi connectivity index (χ2v) is 4.64. The third kappa shape index (κ3) is 2.03. The summed E-state index contributed by atoms with van der Waals surface area (Å²) >= 11 is 0. The molecule has 2 aliphatic rings. The van der Waals surface area contributed by atoms with Crippen molar-refractivity contribution in [2.45, 2.75) is 31.3 Å². The van der Waals surface area contributed by atoms with Gasteiger partial charge in [-0.15, -0.1) is 0 Å². The molecule has 0 aromatic heterocycles. The number of piperidine rings is 1. The Bertz CT molecular complexity index is 176. The molecule has 0 radical (unpaired) electrons.